The van der Waals surface area contributed by atoms with Gasteiger partial charge in [0.1, 0.15) is 53.8 Å². The second kappa shape index (κ2) is 8.69. The van der Waals surface area contributed by atoms with Gasteiger partial charge in [-0.1, -0.05) is 0 Å². The predicted octanol–water partition coefficient (Wildman–Crippen LogP) is 2.08. The van der Waals surface area contributed by atoms with E-state index in [0.717, 1.165) is 16.3 Å². The van der Waals surface area contributed by atoms with E-state index < -0.39 is 24.0 Å². The zero-order valence-electron chi connectivity index (χ0n) is 19.0. The molecule has 0 amide bonds. The maximum atomic E-state index is 11.1. The monoisotopic (exact) mass is 466 g/mol. The van der Waals surface area contributed by atoms with Crippen molar-refractivity contribution >= 4 is 33.6 Å². The molecule has 3 aromatic heterocycles. The summed E-state index contributed by atoms with van der Waals surface area (Å²) < 4.78 is 13.7. The summed E-state index contributed by atoms with van der Waals surface area (Å²) in [5, 5.41) is 26.7. The van der Waals surface area contributed by atoms with Crippen LogP contribution < -0.4 is 15.5 Å². The van der Waals surface area contributed by atoms with Gasteiger partial charge in [-0.15, -0.1) is 0 Å². The minimum absolute atomic E-state index is 0.0258. The molecule has 4 aromatic rings. The van der Waals surface area contributed by atoms with Gasteiger partial charge in [-0.25, -0.2) is 20.4 Å². The minimum Gasteiger partial charge on any atom is -0.491 e. The van der Waals surface area contributed by atoms with E-state index in [1.165, 1.54) is 20.4 Å². The number of hydrogen-bond acceptors (Lipinski definition) is 10. The first-order valence-electron chi connectivity index (χ1n) is 10.8. The van der Waals surface area contributed by atoms with Gasteiger partial charge >= 0.3 is 0 Å². The van der Waals surface area contributed by atoms with E-state index in [1.54, 1.807) is 23.9 Å². The van der Waals surface area contributed by atoms with E-state index >= 15 is 0 Å². The highest BCUT2D eigenvalue weighted by atomic mass is 16.6. The smallest absolute Gasteiger partial charge is 0.164 e. The zero-order chi connectivity index (χ0) is 23.9. The highest BCUT2D eigenvalue weighted by Crippen LogP contribution is 2.39. The number of aliphatic hydroxyl groups is 2. The molecule has 1 aromatic carbocycles. The molecule has 1 saturated heterocycles. The Hall–Kier alpha value is -3.51. The first-order valence-corrected chi connectivity index (χ1v) is 10.8. The average Bonchev–Trinajstić information content (AvgIpc) is 3.36. The summed E-state index contributed by atoms with van der Waals surface area (Å²) in [5.74, 6) is 1.80. The van der Waals surface area contributed by atoms with Crippen LogP contribution in [0.15, 0.2) is 48.9 Å². The number of rotatable bonds is 7. The molecule has 0 spiro atoms. The second-order valence-corrected chi connectivity index (χ2v) is 8.29. The topological polar surface area (TPSA) is 136 Å². The van der Waals surface area contributed by atoms with Gasteiger partial charge in [-0.05, 0) is 37.3 Å². The summed E-state index contributed by atoms with van der Waals surface area (Å²) in [6.45, 7) is 1.56. The Morgan fingerprint density at radius 1 is 1.21 bits per heavy atom. The molecule has 1 aliphatic rings. The Kier molecular flexibility index (Phi) is 5.70. The van der Waals surface area contributed by atoms with Crippen molar-refractivity contribution in [2.24, 2.45) is 0 Å². The number of anilines is 2. The summed E-state index contributed by atoms with van der Waals surface area (Å²) in [4.78, 5) is 17.9. The van der Waals surface area contributed by atoms with Gasteiger partial charge in [0.25, 0.3) is 0 Å². The highest BCUT2D eigenvalue weighted by molar-refractivity contribution is 5.87. The molecule has 4 heterocycles. The summed E-state index contributed by atoms with van der Waals surface area (Å²) in [6, 6.07) is 11.1. The molecular weight excluding hydrogens is 440 g/mol. The summed E-state index contributed by atoms with van der Waals surface area (Å²) in [5.41, 5.74) is 2.45. The van der Waals surface area contributed by atoms with Crippen LogP contribution in [0.3, 0.4) is 0 Å². The van der Waals surface area contributed by atoms with Crippen molar-refractivity contribution in [2.45, 2.75) is 31.0 Å². The van der Waals surface area contributed by atoms with Gasteiger partial charge in [0.2, 0.25) is 0 Å². The lowest BCUT2D eigenvalue weighted by Crippen LogP contribution is -2.47. The maximum Gasteiger partial charge on any atom is 0.164 e. The molecule has 0 aliphatic carbocycles. The molecule has 4 N–H and O–H groups in total. The molecule has 178 valence electrons. The molecule has 5 rings (SSSR count). The summed E-state index contributed by atoms with van der Waals surface area (Å²) in [6.07, 6.45) is 0.355. The lowest BCUT2D eigenvalue weighted by Gasteiger charge is -2.26. The van der Waals surface area contributed by atoms with Crippen LogP contribution in [0.2, 0.25) is 0 Å². The fourth-order valence-corrected chi connectivity index (χ4v) is 4.18. The van der Waals surface area contributed by atoms with Crippen molar-refractivity contribution in [3.8, 4) is 5.75 Å². The van der Waals surface area contributed by atoms with Crippen LogP contribution in [0.5, 0.6) is 5.75 Å². The summed E-state index contributed by atoms with van der Waals surface area (Å²) >= 11 is 0. The van der Waals surface area contributed by atoms with Crippen LogP contribution >= 0.6 is 0 Å². The fourth-order valence-electron chi connectivity index (χ4n) is 4.18. The third-order valence-electron chi connectivity index (χ3n) is 6.12. The third kappa shape index (κ3) is 3.78. The van der Waals surface area contributed by atoms with Crippen LogP contribution in [0.1, 0.15) is 13.2 Å². The number of nitrogens with one attached hydrogen (secondary N) is 2. The van der Waals surface area contributed by atoms with E-state index in [4.69, 9.17) is 14.3 Å². The van der Waals surface area contributed by atoms with Crippen LogP contribution in [-0.4, -0.2) is 68.3 Å². The lowest BCUT2D eigenvalue weighted by atomic mass is 9.95. The second-order valence-electron chi connectivity index (χ2n) is 8.29. The number of aliphatic hydroxyl groups excluding tert-OH is 1. The van der Waals surface area contributed by atoms with Crippen molar-refractivity contribution in [1.82, 2.24) is 19.5 Å². The SMILES string of the molecule is CNc1ncnc2c1ccn2[C@@H]1O[C@H](COc2ccc3ccc(NOC)nc3c2)[C@@](C)(O)[C@H]1O. The van der Waals surface area contributed by atoms with E-state index in [9.17, 15) is 10.2 Å². The number of fused-ring (bicyclic) bond motifs is 2. The van der Waals surface area contributed by atoms with Gasteiger partial charge in [0.15, 0.2) is 6.23 Å². The first kappa shape index (κ1) is 22.3. The number of ether oxygens (including phenoxy) is 2. The van der Waals surface area contributed by atoms with Gasteiger partial charge in [0.05, 0.1) is 18.0 Å². The maximum absolute atomic E-state index is 11.1. The predicted molar refractivity (Wildman–Crippen MR) is 125 cm³/mol. The van der Waals surface area contributed by atoms with E-state index in [0.29, 0.717) is 23.0 Å². The number of hydrogen-bond donors (Lipinski definition) is 4. The zero-order valence-corrected chi connectivity index (χ0v) is 19.0. The number of pyridine rings is 1. The molecule has 0 radical (unpaired) electrons. The molecule has 4 atom stereocenters. The molecule has 0 unspecified atom stereocenters. The van der Waals surface area contributed by atoms with Gasteiger partial charge in [-0.3, -0.25) is 4.84 Å². The van der Waals surface area contributed by atoms with Crippen molar-refractivity contribution in [2.75, 3.05) is 31.6 Å². The Bertz CT molecular complexity index is 1330. The number of benzene rings is 1. The van der Waals surface area contributed by atoms with Crippen molar-refractivity contribution in [1.29, 1.82) is 0 Å². The largest absolute Gasteiger partial charge is 0.491 e. The molecular formula is C23H26N6O5. The van der Waals surface area contributed by atoms with E-state index in [2.05, 4.69) is 25.7 Å². The fraction of sp³-hybridized carbons (Fsp3) is 0.348. The summed E-state index contributed by atoms with van der Waals surface area (Å²) in [7, 11) is 3.29. The minimum atomic E-state index is -1.55. The normalized spacial score (nSPS) is 24.6. The molecule has 1 fully saturated rings. The molecule has 0 bridgehead atoms. The standard InChI is InChI=1S/C23H26N6O5/c1-23(31)17(11-33-14-6-4-13-5-7-18(28-32-3)27-16(13)10-14)34-22(19(23)30)29-9-8-15-20(24-2)25-12-26-21(15)29/h4-10,12,17,19,22,30-31H,11H2,1-3H3,(H,27,28)(H,24,25,26)/t17-,19+,22-,23-/m1/s1. The van der Waals surface area contributed by atoms with Crippen molar-refractivity contribution in [3.63, 3.8) is 0 Å². The Labute approximate surface area is 195 Å². The third-order valence-corrected chi connectivity index (χ3v) is 6.12. The Morgan fingerprint density at radius 3 is 2.82 bits per heavy atom. The molecule has 1 aliphatic heterocycles. The van der Waals surface area contributed by atoms with Crippen LogP contribution in [0.25, 0.3) is 21.9 Å². The Morgan fingerprint density at radius 2 is 2.03 bits per heavy atom. The van der Waals surface area contributed by atoms with Crippen molar-refractivity contribution < 1.29 is 24.5 Å². The highest BCUT2D eigenvalue weighted by Gasteiger charge is 2.53. The van der Waals surface area contributed by atoms with Gasteiger partial charge in [-0.2, -0.15) is 0 Å². The first-order chi connectivity index (χ1) is 16.4. The molecule has 11 nitrogen and oxygen atoms in total. The number of nitrogens with zero attached hydrogens (tertiary/aromatic N) is 4. The van der Waals surface area contributed by atoms with Gasteiger partial charge < -0.3 is 29.6 Å². The van der Waals surface area contributed by atoms with E-state index in [1.807, 2.05) is 30.3 Å². The van der Waals surface area contributed by atoms with Crippen LogP contribution in [0.4, 0.5) is 11.6 Å². The van der Waals surface area contributed by atoms with E-state index in [-0.39, 0.29) is 6.61 Å². The quantitative estimate of drug-likeness (QED) is 0.300. The lowest BCUT2D eigenvalue weighted by molar-refractivity contribution is -0.0765. The van der Waals surface area contributed by atoms with Crippen molar-refractivity contribution in [3.05, 3.63) is 48.9 Å². The molecule has 0 saturated carbocycles. The molecule has 11 heteroatoms. The molecule has 34 heavy (non-hydrogen) atoms. The average molecular weight is 466 g/mol. The Balaban J connectivity index is 1.36. The van der Waals surface area contributed by atoms with Crippen LogP contribution in [-0.2, 0) is 9.57 Å². The van der Waals surface area contributed by atoms with Gasteiger partial charge in [0, 0.05) is 24.7 Å². The van der Waals surface area contributed by atoms with Crippen LogP contribution in [0, 0.1) is 0 Å². The number of aromatic nitrogens is 4.